The lowest BCUT2D eigenvalue weighted by molar-refractivity contribution is 0.413. The highest BCUT2D eigenvalue weighted by molar-refractivity contribution is 7.93. The second-order valence-corrected chi connectivity index (χ2v) is 8.96. The Kier molecular flexibility index (Phi) is 4.63. The number of hydrogen-bond acceptors (Lipinski definition) is 4. The summed E-state index contributed by atoms with van der Waals surface area (Å²) in [6, 6.07) is 14.4. The molecular weight excluding hydrogens is 348 g/mol. The lowest BCUT2D eigenvalue weighted by Gasteiger charge is -2.19. The van der Waals surface area contributed by atoms with Crippen molar-refractivity contribution in [3.05, 3.63) is 59.2 Å². The quantitative estimate of drug-likeness (QED) is 0.877. The van der Waals surface area contributed by atoms with Gasteiger partial charge in [-0.2, -0.15) is 0 Å². The molecule has 0 spiro atoms. The topological polar surface area (TPSA) is 58.6 Å². The van der Waals surface area contributed by atoms with Gasteiger partial charge in [-0.15, -0.1) is 0 Å². The van der Waals surface area contributed by atoms with Crippen LogP contribution >= 0.6 is 0 Å². The van der Waals surface area contributed by atoms with Gasteiger partial charge in [-0.1, -0.05) is 18.2 Å². The van der Waals surface area contributed by atoms with Crippen molar-refractivity contribution in [3.63, 3.8) is 0 Å². The molecule has 0 saturated carbocycles. The molecule has 4 rings (SSSR count). The van der Waals surface area contributed by atoms with Gasteiger partial charge in [0.15, 0.2) is 0 Å². The van der Waals surface area contributed by atoms with E-state index in [2.05, 4.69) is 17.4 Å². The highest BCUT2D eigenvalue weighted by atomic mass is 32.2. The first-order chi connectivity index (χ1) is 12.6. The van der Waals surface area contributed by atoms with Crippen LogP contribution in [-0.2, 0) is 23.0 Å². The van der Waals surface area contributed by atoms with E-state index in [0.717, 1.165) is 29.8 Å². The molecule has 1 aliphatic heterocycles. The fourth-order valence-corrected chi connectivity index (χ4v) is 5.47. The third kappa shape index (κ3) is 3.31. The molecule has 2 aromatic rings. The van der Waals surface area contributed by atoms with Crippen LogP contribution in [0.4, 0.5) is 5.69 Å². The number of nitrogens with one attached hydrogen (secondary N) is 1. The number of hydrogen-bond donors (Lipinski definition) is 1. The van der Waals surface area contributed by atoms with E-state index in [-0.39, 0.29) is 5.75 Å². The SMILES string of the molecule is COc1ccc2c(c1)C(NCc1cccc(N3CCCS3(=O)=O)c1)CC2. The summed E-state index contributed by atoms with van der Waals surface area (Å²) in [6.45, 7) is 1.29. The summed E-state index contributed by atoms with van der Waals surface area (Å²) in [4.78, 5) is 0. The predicted octanol–water partition coefficient (Wildman–Crippen LogP) is 3.01. The Morgan fingerprint density at radius 3 is 2.88 bits per heavy atom. The molecule has 2 aromatic carbocycles. The smallest absolute Gasteiger partial charge is 0.235 e. The summed E-state index contributed by atoms with van der Waals surface area (Å²) in [7, 11) is -1.44. The first-order valence-electron chi connectivity index (χ1n) is 9.06. The molecule has 6 heteroatoms. The lowest BCUT2D eigenvalue weighted by Crippen LogP contribution is -2.25. The minimum Gasteiger partial charge on any atom is -0.497 e. The Balaban J connectivity index is 1.48. The van der Waals surface area contributed by atoms with Crippen molar-refractivity contribution in [1.29, 1.82) is 0 Å². The molecule has 1 N–H and O–H groups in total. The monoisotopic (exact) mass is 372 g/mol. The lowest BCUT2D eigenvalue weighted by atomic mass is 10.1. The molecule has 1 aliphatic carbocycles. The largest absolute Gasteiger partial charge is 0.497 e. The standard InChI is InChI=1S/C20H24N2O3S/c1-25-18-8-6-16-7-9-20(19(16)13-18)21-14-15-4-2-5-17(12-15)22-10-3-11-26(22,23)24/h2,4-6,8,12-13,20-21H,3,7,9-11,14H2,1H3. The van der Waals surface area contributed by atoms with Gasteiger partial charge in [0.25, 0.3) is 0 Å². The van der Waals surface area contributed by atoms with E-state index in [1.165, 1.54) is 15.4 Å². The minimum atomic E-state index is -3.14. The van der Waals surface area contributed by atoms with Crippen molar-refractivity contribution >= 4 is 15.7 Å². The Hall–Kier alpha value is -2.05. The average Bonchev–Trinajstić information content (AvgIpc) is 3.22. The van der Waals surface area contributed by atoms with E-state index in [9.17, 15) is 8.42 Å². The zero-order valence-electron chi connectivity index (χ0n) is 14.9. The van der Waals surface area contributed by atoms with Crippen LogP contribution in [0.5, 0.6) is 5.75 Å². The van der Waals surface area contributed by atoms with E-state index < -0.39 is 10.0 Å². The third-order valence-corrected chi connectivity index (χ3v) is 7.15. The van der Waals surface area contributed by atoms with Crippen LogP contribution in [-0.4, -0.2) is 27.8 Å². The average molecular weight is 372 g/mol. The minimum absolute atomic E-state index is 0.246. The van der Waals surface area contributed by atoms with Crippen LogP contribution in [0.2, 0.25) is 0 Å². The van der Waals surface area contributed by atoms with Crippen LogP contribution in [0.1, 0.15) is 35.6 Å². The maximum Gasteiger partial charge on any atom is 0.235 e. The number of nitrogens with zero attached hydrogens (tertiary/aromatic N) is 1. The Labute approximate surface area is 155 Å². The van der Waals surface area contributed by atoms with Gasteiger partial charge in [0.1, 0.15) is 5.75 Å². The van der Waals surface area contributed by atoms with Gasteiger partial charge in [0.05, 0.1) is 18.6 Å². The van der Waals surface area contributed by atoms with E-state index in [1.54, 1.807) is 7.11 Å². The van der Waals surface area contributed by atoms with Crippen molar-refractivity contribution in [3.8, 4) is 5.75 Å². The Morgan fingerprint density at radius 2 is 2.12 bits per heavy atom. The molecule has 0 amide bonds. The number of methoxy groups -OCH3 is 1. The molecule has 5 nitrogen and oxygen atoms in total. The van der Waals surface area contributed by atoms with Crippen molar-refractivity contribution in [1.82, 2.24) is 5.32 Å². The molecule has 26 heavy (non-hydrogen) atoms. The normalized spacial score (nSPS) is 21.0. The van der Waals surface area contributed by atoms with Gasteiger partial charge in [-0.25, -0.2) is 8.42 Å². The van der Waals surface area contributed by atoms with Crippen molar-refractivity contribution in [2.24, 2.45) is 0 Å². The zero-order chi connectivity index (χ0) is 18.1. The fraction of sp³-hybridized carbons (Fsp3) is 0.400. The number of anilines is 1. The van der Waals surface area contributed by atoms with Crippen LogP contribution < -0.4 is 14.4 Å². The van der Waals surface area contributed by atoms with Crippen LogP contribution in [0.25, 0.3) is 0 Å². The summed E-state index contributed by atoms with van der Waals surface area (Å²) in [5.41, 5.74) is 4.55. The highest BCUT2D eigenvalue weighted by Gasteiger charge is 2.28. The number of ether oxygens (including phenoxy) is 1. The summed E-state index contributed by atoms with van der Waals surface area (Å²) in [5.74, 6) is 1.13. The first-order valence-corrected chi connectivity index (χ1v) is 10.7. The second kappa shape index (κ2) is 6.93. The fourth-order valence-electron chi connectivity index (χ4n) is 3.91. The van der Waals surface area contributed by atoms with Crippen molar-refractivity contribution < 1.29 is 13.2 Å². The van der Waals surface area contributed by atoms with Gasteiger partial charge in [0.2, 0.25) is 10.0 Å². The van der Waals surface area contributed by atoms with E-state index in [4.69, 9.17) is 4.74 Å². The maximum absolute atomic E-state index is 12.1. The van der Waals surface area contributed by atoms with Crippen LogP contribution in [0.15, 0.2) is 42.5 Å². The van der Waals surface area contributed by atoms with Gasteiger partial charge in [-0.3, -0.25) is 4.31 Å². The molecule has 0 aromatic heterocycles. The molecule has 0 radical (unpaired) electrons. The molecule has 1 heterocycles. The highest BCUT2D eigenvalue weighted by Crippen LogP contribution is 2.34. The van der Waals surface area contributed by atoms with Gasteiger partial charge >= 0.3 is 0 Å². The molecule has 1 atom stereocenters. The number of benzene rings is 2. The molecule has 1 fully saturated rings. The molecule has 2 aliphatic rings. The molecule has 138 valence electrons. The number of aryl methyl sites for hydroxylation is 1. The summed E-state index contributed by atoms with van der Waals surface area (Å²) < 4.78 is 31.2. The summed E-state index contributed by atoms with van der Waals surface area (Å²) >= 11 is 0. The second-order valence-electron chi connectivity index (χ2n) is 6.95. The van der Waals surface area contributed by atoms with E-state index in [0.29, 0.717) is 25.6 Å². The molecule has 1 unspecified atom stereocenters. The Bertz CT molecular complexity index is 911. The third-order valence-electron chi connectivity index (χ3n) is 5.28. The zero-order valence-corrected chi connectivity index (χ0v) is 15.8. The van der Waals surface area contributed by atoms with Crippen LogP contribution in [0, 0.1) is 0 Å². The summed E-state index contributed by atoms with van der Waals surface area (Å²) in [6.07, 6.45) is 2.84. The number of fused-ring (bicyclic) bond motifs is 1. The van der Waals surface area contributed by atoms with Crippen molar-refractivity contribution in [2.75, 3.05) is 23.7 Å². The van der Waals surface area contributed by atoms with Crippen molar-refractivity contribution in [2.45, 2.75) is 31.8 Å². The van der Waals surface area contributed by atoms with Gasteiger partial charge in [-0.05, 0) is 60.2 Å². The van der Waals surface area contributed by atoms with Crippen LogP contribution in [0.3, 0.4) is 0 Å². The molecule has 1 saturated heterocycles. The van der Waals surface area contributed by atoms with Gasteiger partial charge in [0, 0.05) is 19.1 Å². The van der Waals surface area contributed by atoms with E-state index >= 15 is 0 Å². The molecular formula is C20H24N2O3S. The Morgan fingerprint density at radius 1 is 1.23 bits per heavy atom. The van der Waals surface area contributed by atoms with Gasteiger partial charge < -0.3 is 10.1 Å². The number of sulfonamides is 1. The predicted molar refractivity (Wildman–Crippen MR) is 103 cm³/mol. The summed E-state index contributed by atoms with van der Waals surface area (Å²) in [5, 5.41) is 3.62. The maximum atomic E-state index is 12.1. The molecule has 0 bridgehead atoms. The first kappa shape index (κ1) is 17.4. The number of rotatable bonds is 5. The van der Waals surface area contributed by atoms with E-state index in [1.807, 2.05) is 30.3 Å².